The van der Waals surface area contributed by atoms with Crippen molar-refractivity contribution in [2.75, 3.05) is 36.9 Å². The number of carbonyl (C=O) groups is 2. The van der Waals surface area contributed by atoms with Crippen LogP contribution in [0.4, 0.5) is 21.8 Å². The maximum Gasteiger partial charge on any atom is 0.299 e. The van der Waals surface area contributed by atoms with Gasteiger partial charge < -0.3 is 15.5 Å². The number of amides is 1. The zero-order valence-electron chi connectivity index (χ0n) is 21.3. The fourth-order valence-corrected chi connectivity index (χ4v) is 4.67. The molecule has 38 heavy (non-hydrogen) atoms. The monoisotopic (exact) mass is 649 g/mol. The molecule has 0 spiro atoms. The molecule has 3 aromatic rings. The highest BCUT2D eigenvalue weighted by Crippen LogP contribution is 2.35. The van der Waals surface area contributed by atoms with Crippen LogP contribution in [0.3, 0.4) is 0 Å². The Bertz CT molecular complexity index is 1360. The SMILES string of the molecule is CNCCN1CCc2nc(Nc3ncc(F)c(-c4ccc5c(c4)N(C(C)C)C(=O)C5=O)n3)ccc2C1.SI. The van der Waals surface area contributed by atoms with E-state index in [-0.39, 0.29) is 17.7 Å². The molecule has 2 N–H and O–H groups in total. The fourth-order valence-electron chi connectivity index (χ4n) is 4.67. The Morgan fingerprint density at radius 1 is 1.16 bits per heavy atom. The molecule has 200 valence electrons. The molecule has 0 bridgehead atoms. The topological polar surface area (TPSA) is 103 Å². The lowest BCUT2D eigenvalue weighted by atomic mass is 10.1. The van der Waals surface area contributed by atoms with Gasteiger partial charge in [0.2, 0.25) is 5.95 Å². The van der Waals surface area contributed by atoms with E-state index in [1.165, 1.54) is 10.5 Å². The minimum Gasteiger partial charge on any atom is -0.318 e. The molecule has 1 amide bonds. The van der Waals surface area contributed by atoms with Crippen LogP contribution < -0.4 is 15.5 Å². The molecule has 4 heterocycles. The number of hydrogen-bond donors (Lipinski definition) is 3. The lowest BCUT2D eigenvalue weighted by Gasteiger charge is -2.28. The third kappa shape index (κ3) is 5.82. The number of pyridine rings is 1. The number of thiol groups is 1. The number of hydrogen-bond acceptors (Lipinski definition) is 9. The maximum atomic E-state index is 14.8. The number of Topliss-reactive ketones (excluding diaryl/α,β-unsaturated/α-hetero) is 1. The van der Waals surface area contributed by atoms with Crippen molar-refractivity contribution in [3.63, 3.8) is 0 Å². The van der Waals surface area contributed by atoms with Crippen LogP contribution in [0.1, 0.15) is 35.5 Å². The Labute approximate surface area is 238 Å². The van der Waals surface area contributed by atoms with Gasteiger partial charge >= 0.3 is 0 Å². The summed E-state index contributed by atoms with van der Waals surface area (Å²) in [5.74, 6) is -0.942. The van der Waals surface area contributed by atoms with Gasteiger partial charge in [-0.1, -0.05) is 12.1 Å². The van der Waals surface area contributed by atoms with Gasteiger partial charge in [0.05, 0.1) is 17.4 Å². The van der Waals surface area contributed by atoms with Crippen LogP contribution in [0.2, 0.25) is 0 Å². The predicted molar refractivity (Wildman–Crippen MR) is 158 cm³/mol. The molecule has 0 atom stereocenters. The first-order valence-electron chi connectivity index (χ1n) is 12.2. The summed E-state index contributed by atoms with van der Waals surface area (Å²) < 4.78 is 14.8. The highest BCUT2D eigenvalue weighted by Gasteiger charge is 2.37. The fraction of sp³-hybridized carbons (Fsp3) is 0.346. The quantitative estimate of drug-likeness (QED) is 0.199. The summed E-state index contributed by atoms with van der Waals surface area (Å²) in [6, 6.07) is 8.49. The van der Waals surface area contributed by atoms with Crippen molar-refractivity contribution < 1.29 is 14.0 Å². The summed E-state index contributed by atoms with van der Waals surface area (Å²) in [6.45, 7) is 7.38. The van der Waals surface area contributed by atoms with E-state index in [1.54, 1.807) is 18.2 Å². The number of nitrogens with one attached hydrogen (secondary N) is 2. The summed E-state index contributed by atoms with van der Waals surface area (Å²) in [5, 5.41) is 6.27. The second-order valence-electron chi connectivity index (χ2n) is 9.28. The highest BCUT2D eigenvalue weighted by molar-refractivity contribution is 14.2. The van der Waals surface area contributed by atoms with E-state index >= 15 is 0 Å². The molecule has 0 saturated heterocycles. The molecule has 2 aliphatic heterocycles. The zero-order chi connectivity index (χ0) is 27.4. The van der Waals surface area contributed by atoms with E-state index in [0.717, 1.165) is 44.5 Å². The first kappa shape index (κ1) is 28.3. The van der Waals surface area contributed by atoms with E-state index in [1.807, 2.05) is 48.2 Å². The second-order valence-corrected chi connectivity index (χ2v) is 9.28. The van der Waals surface area contributed by atoms with E-state index in [0.29, 0.717) is 22.6 Å². The van der Waals surface area contributed by atoms with Crippen molar-refractivity contribution in [1.29, 1.82) is 0 Å². The maximum absolute atomic E-state index is 14.8. The molecule has 9 nitrogen and oxygen atoms in total. The van der Waals surface area contributed by atoms with E-state index in [9.17, 15) is 14.0 Å². The van der Waals surface area contributed by atoms with Gasteiger partial charge in [-0.05, 0) is 65.9 Å². The third-order valence-electron chi connectivity index (χ3n) is 6.49. The summed E-state index contributed by atoms with van der Waals surface area (Å²) in [6.07, 6.45) is 1.95. The van der Waals surface area contributed by atoms with Gasteiger partial charge in [0.1, 0.15) is 11.5 Å². The van der Waals surface area contributed by atoms with Gasteiger partial charge in [0, 0.05) is 49.9 Å². The number of likely N-dealkylation sites (N-methyl/N-ethyl adjacent to an activating group) is 1. The molecule has 5 rings (SSSR count). The lowest BCUT2D eigenvalue weighted by Crippen LogP contribution is -2.35. The number of aromatic nitrogens is 3. The normalized spacial score (nSPS) is 14.8. The summed E-state index contributed by atoms with van der Waals surface area (Å²) >= 11 is 1.84. The number of fused-ring (bicyclic) bond motifs is 2. The van der Waals surface area contributed by atoms with E-state index in [4.69, 9.17) is 4.98 Å². The molecule has 0 fully saturated rings. The average Bonchev–Trinajstić information content (AvgIpc) is 3.18. The zero-order valence-corrected chi connectivity index (χ0v) is 24.4. The van der Waals surface area contributed by atoms with Gasteiger partial charge in [-0.25, -0.2) is 19.3 Å². The second kappa shape index (κ2) is 12.5. The van der Waals surface area contributed by atoms with Crippen molar-refractivity contribution in [2.24, 2.45) is 0 Å². The molecule has 1 aromatic carbocycles. The largest absolute Gasteiger partial charge is 0.318 e. The Morgan fingerprint density at radius 3 is 2.68 bits per heavy atom. The van der Waals surface area contributed by atoms with Crippen molar-refractivity contribution >= 4 is 60.1 Å². The predicted octanol–water partition coefficient (Wildman–Crippen LogP) is 4.20. The standard InChI is InChI=1S/C26H28FN7O2.HIS/c1-15(2)34-21-12-16(4-6-18(21)24(35)25(34)36)23-19(27)13-29-26(32-23)31-22-7-5-17-14-33(11-9-28-3)10-8-20(17)30-22;1-2/h4-7,12-13,15,28H,8-11,14H2,1-3H3,(H,29,30,31,32);2H. The van der Waals surface area contributed by atoms with Gasteiger partial charge in [-0.3, -0.25) is 14.5 Å². The smallest absolute Gasteiger partial charge is 0.299 e. The Hall–Kier alpha value is -2.68. The summed E-state index contributed by atoms with van der Waals surface area (Å²) in [4.78, 5) is 41.8. The van der Waals surface area contributed by atoms with Crippen molar-refractivity contribution in [3.05, 3.63) is 59.2 Å². The highest BCUT2D eigenvalue weighted by atomic mass is 127. The summed E-state index contributed by atoms with van der Waals surface area (Å²) in [5.41, 5.74) is 3.53. The van der Waals surface area contributed by atoms with Gasteiger partial charge in [0.15, 0.2) is 5.82 Å². The first-order chi connectivity index (χ1) is 18.4. The number of nitrogens with zero attached hydrogens (tertiary/aromatic N) is 5. The molecular weight excluding hydrogens is 620 g/mol. The number of rotatable bonds is 7. The third-order valence-corrected chi connectivity index (χ3v) is 6.49. The van der Waals surface area contributed by atoms with Gasteiger partial charge in [-0.2, -0.15) is 0 Å². The van der Waals surface area contributed by atoms with E-state index < -0.39 is 17.5 Å². The minimum atomic E-state index is -0.604. The number of ketones is 1. The number of carbonyl (C=O) groups excluding carboxylic acids is 2. The molecule has 0 unspecified atom stereocenters. The van der Waals surface area contributed by atoms with Crippen LogP contribution in [-0.4, -0.2) is 64.3 Å². The number of anilines is 3. The van der Waals surface area contributed by atoms with Gasteiger partial charge in [-0.15, -0.1) is 9.80 Å². The molecule has 0 aliphatic carbocycles. The lowest BCUT2D eigenvalue weighted by molar-refractivity contribution is -0.114. The van der Waals surface area contributed by atoms with Crippen LogP contribution in [0.15, 0.2) is 36.5 Å². The molecule has 2 aromatic heterocycles. The van der Waals surface area contributed by atoms with Crippen LogP contribution >= 0.6 is 31.0 Å². The van der Waals surface area contributed by atoms with Crippen LogP contribution in [0, 0.1) is 5.82 Å². The van der Waals surface area contributed by atoms with Gasteiger partial charge in [0.25, 0.3) is 11.7 Å². The average molecular weight is 650 g/mol. The number of benzene rings is 1. The number of halogens is 2. The molecule has 12 heteroatoms. The minimum absolute atomic E-state index is 0.0731. The van der Waals surface area contributed by atoms with Crippen LogP contribution in [0.25, 0.3) is 11.3 Å². The van der Waals surface area contributed by atoms with Crippen molar-refractivity contribution in [2.45, 2.75) is 32.9 Å². The molecule has 0 saturated carbocycles. The molecule has 0 radical (unpaired) electrons. The summed E-state index contributed by atoms with van der Waals surface area (Å²) in [7, 11) is 5.45. The van der Waals surface area contributed by atoms with Crippen LogP contribution in [-0.2, 0) is 17.8 Å². The Morgan fingerprint density at radius 2 is 1.95 bits per heavy atom. The van der Waals surface area contributed by atoms with Crippen molar-refractivity contribution in [1.82, 2.24) is 25.2 Å². The Balaban J connectivity index is 0.00000164. The molecule has 2 aliphatic rings. The van der Waals surface area contributed by atoms with E-state index in [2.05, 4.69) is 41.4 Å². The Kier molecular flexibility index (Phi) is 9.28. The van der Waals surface area contributed by atoms with Crippen molar-refractivity contribution in [3.8, 4) is 11.3 Å². The molecular formula is C26H29FIN7O2S. The van der Waals surface area contributed by atoms with Crippen LogP contribution in [0.5, 0.6) is 0 Å². The first-order valence-corrected chi connectivity index (χ1v) is 15.4.